The average molecular weight is 393 g/mol. The molecule has 4 atom stereocenters. The minimum absolute atomic E-state index is 0.311. The molecule has 2 aromatic rings. The third-order valence-electron chi connectivity index (χ3n) is 6.36. The van der Waals surface area contributed by atoms with Crippen LogP contribution in [-0.4, -0.2) is 50.8 Å². The van der Waals surface area contributed by atoms with Crippen molar-refractivity contribution in [2.75, 3.05) is 32.2 Å². The highest BCUT2D eigenvalue weighted by Crippen LogP contribution is 2.40. The summed E-state index contributed by atoms with van der Waals surface area (Å²) in [4.78, 5) is 0. The molecule has 0 amide bonds. The quantitative estimate of drug-likeness (QED) is 0.524. The van der Waals surface area contributed by atoms with Crippen LogP contribution in [0.1, 0.15) is 22.3 Å². The number of nitrogens with two attached hydrogens (primary N) is 1. The van der Waals surface area contributed by atoms with Crippen molar-refractivity contribution in [3.63, 3.8) is 0 Å². The molecule has 5 heteroatoms. The van der Waals surface area contributed by atoms with Gasteiger partial charge in [-0.15, -0.1) is 0 Å². The number of benzene rings is 2. The van der Waals surface area contributed by atoms with Gasteiger partial charge in [0.25, 0.3) is 0 Å². The Morgan fingerprint density at radius 2 is 1.17 bits per heavy atom. The maximum absolute atomic E-state index is 6.66. The van der Waals surface area contributed by atoms with Crippen molar-refractivity contribution in [2.24, 2.45) is 0 Å². The second kappa shape index (κ2) is 7.10. The van der Waals surface area contributed by atoms with Crippen LogP contribution in [0.15, 0.2) is 30.3 Å². The van der Waals surface area contributed by atoms with Gasteiger partial charge >= 0.3 is 0 Å². The molecule has 0 saturated carbocycles. The maximum Gasteiger partial charge on any atom is 0.0851 e. The molecule has 5 nitrogen and oxygen atoms in total. The Morgan fingerprint density at radius 3 is 1.79 bits per heavy atom. The third kappa shape index (κ3) is 4.05. The lowest BCUT2D eigenvalue weighted by Gasteiger charge is -2.22. The first-order valence-corrected chi connectivity index (χ1v) is 10.7. The highest BCUT2D eigenvalue weighted by molar-refractivity contribution is 5.78. The summed E-state index contributed by atoms with van der Waals surface area (Å²) >= 11 is 0. The molecule has 4 unspecified atom stereocenters. The lowest BCUT2D eigenvalue weighted by atomic mass is 9.83. The summed E-state index contributed by atoms with van der Waals surface area (Å²) in [5.74, 6) is 0. The van der Waals surface area contributed by atoms with E-state index in [9.17, 15) is 0 Å². The van der Waals surface area contributed by atoms with Gasteiger partial charge in [0.05, 0.1) is 50.8 Å². The molecule has 2 N–H and O–H groups in total. The standard InChI is InChI=1S/C24H27NO4/c25-24-9-22(19-4-2-1-3-14(19)5-15-10-26-15)20(6-16-11-27-16)21(7-17-12-28-17)23(24)8-18-13-29-18/h1-4,9,15-18H,5-8,10-13,25H2. The number of nitrogen functional groups attached to an aromatic ring is 1. The third-order valence-corrected chi connectivity index (χ3v) is 6.36. The van der Waals surface area contributed by atoms with E-state index in [0.717, 1.165) is 57.8 Å². The molecular formula is C24H27NO4. The van der Waals surface area contributed by atoms with Gasteiger partial charge in [-0.1, -0.05) is 24.3 Å². The molecule has 29 heavy (non-hydrogen) atoms. The summed E-state index contributed by atoms with van der Waals surface area (Å²) in [5.41, 5.74) is 15.4. The van der Waals surface area contributed by atoms with Gasteiger partial charge in [-0.3, -0.25) is 0 Å². The molecular weight excluding hydrogens is 366 g/mol. The fourth-order valence-electron chi connectivity index (χ4n) is 4.44. The molecule has 4 fully saturated rings. The molecule has 6 rings (SSSR count). The van der Waals surface area contributed by atoms with Crippen LogP contribution >= 0.6 is 0 Å². The molecule has 2 aromatic carbocycles. The summed E-state index contributed by atoms with van der Waals surface area (Å²) < 4.78 is 22.3. The summed E-state index contributed by atoms with van der Waals surface area (Å²) in [5, 5.41) is 0. The predicted octanol–water partition coefficient (Wildman–Crippen LogP) is 2.70. The Labute approximate surface area is 171 Å². The zero-order chi connectivity index (χ0) is 19.4. The Bertz CT molecular complexity index is 927. The van der Waals surface area contributed by atoms with Crippen LogP contribution in [0.2, 0.25) is 0 Å². The van der Waals surface area contributed by atoms with Gasteiger partial charge in [0, 0.05) is 31.4 Å². The number of anilines is 1. The number of ether oxygens (including phenoxy) is 4. The van der Waals surface area contributed by atoms with Gasteiger partial charge in [0.2, 0.25) is 0 Å². The molecule has 0 aromatic heterocycles. The molecule has 4 aliphatic heterocycles. The van der Waals surface area contributed by atoms with Crippen LogP contribution < -0.4 is 5.73 Å². The molecule has 4 heterocycles. The van der Waals surface area contributed by atoms with E-state index in [4.69, 9.17) is 24.7 Å². The van der Waals surface area contributed by atoms with E-state index in [1.165, 1.54) is 33.4 Å². The van der Waals surface area contributed by atoms with Gasteiger partial charge in [0.1, 0.15) is 0 Å². The van der Waals surface area contributed by atoms with Crippen molar-refractivity contribution in [1.29, 1.82) is 0 Å². The highest BCUT2D eigenvalue weighted by atomic mass is 16.6. The number of hydrogen-bond acceptors (Lipinski definition) is 5. The van der Waals surface area contributed by atoms with Crippen LogP contribution in [0, 0.1) is 0 Å². The predicted molar refractivity (Wildman–Crippen MR) is 110 cm³/mol. The molecule has 0 bridgehead atoms. The second-order valence-corrected chi connectivity index (χ2v) is 8.74. The molecule has 0 aliphatic carbocycles. The summed E-state index contributed by atoms with van der Waals surface area (Å²) in [7, 11) is 0. The topological polar surface area (TPSA) is 76.1 Å². The normalized spacial score (nSPS) is 29.0. The van der Waals surface area contributed by atoms with Gasteiger partial charge in [0.15, 0.2) is 0 Å². The molecule has 0 spiro atoms. The van der Waals surface area contributed by atoms with Crippen molar-refractivity contribution >= 4 is 5.69 Å². The van der Waals surface area contributed by atoms with Gasteiger partial charge in [-0.25, -0.2) is 0 Å². The largest absolute Gasteiger partial charge is 0.398 e. The second-order valence-electron chi connectivity index (χ2n) is 8.74. The Hall–Kier alpha value is -1.92. The minimum atomic E-state index is 0.311. The molecule has 4 saturated heterocycles. The fraction of sp³-hybridized carbons (Fsp3) is 0.500. The van der Waals surface area contributed by atoms with Crippen molar-refractivity contribution in [1.82, 2.24) is 0 Å². The Balaban J connectivity index is 1.48. The van der Waals surface area contributed by atoms with E-state index < -0.39 is 0 Å². The average Bonchev–Trinajstić information content (AvgIpc) is 3.52. The van der Waals surface area contributed by atoms with Crippen molar-refractivity contribution in [3.05, 3.63) is 52.6 Å². The van der Waals surface area contributed by atoms with E-state index in [-0.39, 0.29) is 0 Å². The van der Waals surface area contributed by atoms with Gasteiger partial charge in [-0.2, -0.15) is 0 Å². The molecule has 152 valence electrons. The SMILES string of the molecule is Nc1cc(-c2ccccc2CC2CO2)c(CC2CO2)c(CC2CO2)c1CC1CO1. The first-order valence-electron chi connectivity index (χ1n) is 10.7. The molecule has 0 radical (unpaired) electrons. The fourth-order valence-corrected chi connectivity index (χ4v) is 4.44. The first kappa shape index (κ1) is 17.9. The Kier molecular flexibility index (Phi) is 4.38. The lowest BCUT2D eigenvalue weighted by molar-refractivity contribution is 0.398. The number of epoxide rings is 4. The van der Waals surface area contributed by atoms with E-state index in [0.29, 0.717) is 24.4 Å². The van der Waals surface area contributed by atoms with Crippen LogP contribution in [-0.2, 0) is 44.6 Å². The van der Waals surface area contributed by atoms with E-state index >= 15 is 0 Å². The van der Waals surface area contributed by atoms with E-state index in [2.05, 4.69) is 30.3 Å². The van der Waals surface area contributed by atoms with Crippen molar-refractivity contribution in [3.8, 4) is 11.1 Å². The smallest absolute Gasteiger partial charge is 0.0851 e. The van der Waals surface area contributed by atoms with Gasteiger partial charge < -0.3 is 24.7 Å². The summed E-state index contributed by atoms with van der Waals surface area (Å²) in [6.45, 7) is 3.40. The lowest BCUT2D eigenvalue weighted by Crippen LogP contribution is -2.13. The van der Waals surface area contributed by atoms with Crippen LogP contribution in [0.3, 0.4) is 0 Å². The number of hydrogen-bond donors (Lipinski definition) is 1. The minimum Gasteiger partial charge on any atom is -0.398 e. The Morgan fingerprint density at radius 1 is 0.655 bits per heavy atom. The summed E-state index contributed by atoms with van der Waals surface area (Å²) in [6.07, 6.45) is 5.01. The highest BCUT2D eigenvalue weighted by Gasteiger charge is 2.34. The monoisotopic (exact) mass is 393 g/mol. The first-order chi connectivity index (χ1) is 14.2. The maximum atomic E-state index is 6.66. The van der Waals surface area contributed by atoms with Crippen molar-refractivity contribution < 1.29 is 18.9 Å². The summed E-state index contributed by atoms with van der Waals surface area (Å²) in [6, 6.07) is 10.9. The molecule has 4 aliphatic rings. The van der Waals surface area contributed by atoms with Crippen LogP contribution in [0.4, 0.5) is 5.69 Å². The van der Waals surface area contributed by atoms with Gasteiger partial charge in [-0.05, 0) is 39.4 Å². The number of rotatable bonds is 9. The van der Waals surface area contributed by atoms with Crippen LogP contribution in [0.25, 0.3) is 11.1 Å². The zero-order valence-electron chi connectivity index (χ0n) is 16.6. The van der Waals surface area contributed by atoms with E-state index in [1.807, 2.05) is 0 Å². The van der Waals surface area contributed by atoms with E-state index in [1.54, 1.807) is 0 Å². The van der Waals surface area contributed by atoms with Crippen LogP contribution in [0.5, 0.6) is 0 Å². The van der Waals surface area contributed by atoms with Crippen molar-refractivity contribution in [2.45, 2.75) is 50.1 Å². The zero-order valence-corrected chi connectivity index (χ0v) is 16.6.